The monoisotopic (exact) mass is 358 g/mol. The molecule has 0 spiro atoms. The second-order valence-corrected chi connectivity index (χ2v) is 7.44. The van der Waals surface area contributed by atoms with E-state index in [1.165, 1.54) is 7.11 Å². The largest absolute Gasteiger partial charge is 0.469 e. The summed E-state index contributed by atoms with van der Waals surface area (Å²) in [6.45, 7) is 7.84. The average Bonchev–Trinajstić information content (AvgIpc) is 2.67. The first-order chi connectivity index (χ1) is 10.6. The normalized spacial score (nSPS) is 20.4. The molecule has 0 bridgehead atoms. The summed E-state index contributed by atoms with van der Waals surface area (Å²) in [6.07, 6.45) is 0.0907. The Bertz CT molecular complexity index is 588. The highest BCUT2D eigenvalue weighted by Crippen LogP contribution is 2.43. The number of esters is 1. The molecule has 1 aromatic rings. The molecule has 7 heteroatoms. The highest BCUT2D eigenvalue weighted by molar-refractivity contribution is 6.49. The molecule has 0 aromatic heterocycles. The van der Waals surface area contributed by atoms with E-state index in [1.54, 1.807) is 12.1 Å². The van der Waals surface area contributed by atoms with Crippen molar-refractivity contribution in [2.45, 2.75) is 51.1 Å². The molecule has 1 aromatic carbocycles. The Morgan fingerprint density at radius 2 is 1.78 bits per heavy atom. The van der Waals surface area contributed by atoms with E-state index in [4.69, 9.17) is 37.2 Å². The van der Waals surface area contributed by atoms with E-state index in [2.05, 4.69) is 0 Å². The van der Waals surface area contributed by atoms with Crippen LogP contribution in [0.1, 0.15) is 45.5 Å². The quantitative estimate of drug-likeness (QED) is 0.595. The smallest absolute Gasteiger partial charge is 0.466 e. The Labute approximate surface area is 147 Å². The summed E-state index contributed by atoms with van der Waals surface area (Å²) in [6, 6.07) is 5.32. The van der Waals surface area contributed by atoms with Gasteiger partial charge in [-0.3, -0.25) is 4.79 Å². The molecule has 1 unspecified atom stereocenters. The van der Waals surface area contributed by atoms with Gasteiger partial charge in [0.25, 0.3) is 0 Å². The minimum absolute atomic E-state index is 0.0907. The number of carbonyl (C=O) groups excluding carboxylic acids is 1. The van der Waals surface area contributed by atoms with Crippen molar-refractivity contribution in [3.05, 3.63) is 33.8 Å². The van der Waals surface area contributed by atoms with Gasteiger partial charge in [0.1, 0.15) is 0 Å². The molecule has 1 saturated heterocycles. The third-order valence-electron chi connectivity index (χ3n) is 4.60. The van der Waals surface area contributed by atoms with Crippen LogP contribution in [-0.4, -0.2) is 31.4 Å². The van der Waals surface area contributed by atoms with E-state index in [0.29, 0.717) is 15.6 Å². The molecule has 4 nitrogen and oxygen atoms in total. The first kappa shape index (κ1) is 18.6. The number of benzene rings is 1. The summed E-state index contributed by atoms with van der Waals surface area (Å²) >= 11 is 12.5. The van der Waals surface area contributed by atoms with E-state index >= 15 is 0 Å². The lowest BCUT2D eigenvalue weighted by Crippen LogP contribution is -2.41. The predicted octanol–water partition coefficient (Wildman–Crippen LogP) is 4.27. The van der Waals surface area contributed by atoms with E-state index in [1.807, 2.05) is 33.8 Å². The fraction of sp³-hybridized carbons (Fsp3) is 0.562. The first-order valence-electron chi connectivity index (χ1n) is 7.45. The molecule has 1 heterocycles. The third kappa shape index (κ3) is 3.68. The molecule has 2 rings (SSSR count). The van der Waals surface area contributed by atoms with Crippen LogP contribution in [0.2, 0.25) is 10.0 Å². The van der Waals surface area contributed by atoms with Crippen molar-refractivity contribution in [2.24, 2.45) is 0 Å². The van der Waals surface area contributed by atoms with Crippen molar-refractivity contribution in [1.82, 2.24) is 0 Å². The van der Waals surface area contributed by atoms with Crippen LogP contribution in [-0.2, 0) is 18.8 Å². The molecule has 23 heavy (non-hydrogen) atoms. The van der Waals surface area contributed by atoms with Crippen molar-refractivity contribution in [3.63, 3.8) is 0 Å². The van der Waals surface area contributed by atoms with Crippen LogP contribution >= 0.6 is 23.2 Å². The molecule has 0 N–H and O–H groups in total. The van der Waals surface area contributed by atoms with Gasteiger partial charge < -0.3 is 14.0 Å². The molecule has 0 aliphatic carbocycles. The Morgan fingerprint density at radius 3 is 2.30 bits per heavy atom. The Hall–Kier alpha value is -0.745. The molecule has 0 amide bonds. The molecule has 0 radical (unpaired) electrons. The van der Waals surface area contributed by atoms with Gasteiger partial charge in [0.05, 0.1) is 34.8 Å². The van der Waals surface area contributed by atoms with Crippen LogP contribution in [0, 0.1) is 0 Å². The number of methoxy groups -OCH3 is 1. The standard InChI is InChI=1S/C16H21BCl2O4/c1-15(2)16(3,4)23-17(22-15)11(9-13(20)21-5)10-7-6-8-12(18)14(10)19/h6-8,11H,9H2,1-5H3. The summed E-state index contributed by atoms with van der Waals surface area (Å²) in [4.78, 5) is 11.9. The number of ether oxygens (including phenoxy) is 1. The molecule has 126 valence electrons. The summed E-state index contributed by atoms with van der Waals surface area (Å²) in [5.74, 6) is -0.768. The Balaban J connectivity index is 2.40. The molecule has 1 aliphatic rings. The predicted molar refractivity (Wildman–Crippen MR) is 91.9 cm³/mol. The van der Waals surface area contributed by atoms with Gasteiger partial charge in [-0.2, -0.15) is 0 Å². The van der Waals surface area contributed by atoms with Crippen molar-refractivity contribution >= 4 is 36.3 Å². The lowest BCUT2D eigenvalue weighted by atomic mass is 9.66. The zero-order chi connectivity index (χ0) is 17.4. The van der Waals surface area contributed by atoms with Crippen LogP contribution in [0.5, 0.6) is 0 Å². The lowest BCUT2D eigenvalue weighted by molar-refractivity contribution is -0.140. The van der Waals surface area contributed by atoms with E-state index in [0.717, 1.165) is 0 Å². The Morgan fingerprint density at radius 1 is 1.22 bits per heavy atom. The van der Waals surface area contributed by atoms with Gasteiger partial charge in [-0.05, 0) is 39.3 Å². The fourth-order valence-electron chi connectivity index (χ4n) is 2.48. The fourth-order valence-corrected chi connectivity index (χ4v) is 2.92. The van der Waals surface area contributed by atoms with Gasteiger partial charge in [0.15, 0.2) is 0 Å². The number of carbonyl (C=O) groups is 1. The highest BCUT2D eigenvalue weighted by Gasteiger charge is 2.54. The van der Waals surface area contributed by atoms with Crippen LogP contribution in [0.4, 0.5) is 0 Å². The van der Waals surface area contributed by atoms with Crippen LogP contribution in [0.15, 0.2) is 18.2 Å². The highest BCUT2D eigenvalue weighted by atomic mass is 35.5. The molecule has 1 aliphatic heterocycles. The SMILES string of the molecule is COC(=O)CC(B1OC(C)(C)C(C)(C)O1)c1cccc(Cl)c1Cl. The summed E-state index contributed by atoms with van der Waals surface area (Å²) in [5.41, 5.74) is -0.295. The minimum atomic E-state index is -0.616. The van der Waals surface area contributed by atoms with Crippen molar-refractivity contribution in [3.8, 4) is 0 Å². The van der Waals surface area contributed by atoms with Gasteiger partial charge in [0.2, 0.25) is 0 Å². The van der Waals surface area contributed by atoms with Gasteiger partial charge in [-0.15, -0.1) is 0 Å². The van der Waals surface area contributed by atoms with Crippen molar-refractivity contribution < 1.29 is 18.8 Å². The molecule has 1 fully saturated rings. The molecule has 1 atom stereocenters. The minimum Gasteiger partial charge on any atom is -0.469 e. The topological polar surface area (TPSA) is 44.8 Å². The van der Waals surface area contributed by atoms with Gasteiger partial charge in [-0.1, -0.05) is 35.3 Å². The van der Waals surface area contributed by atoms with Crippen molar-refractivity contribution in [2.75, 3.05) is 7.11 Å². The van der Waals surface area contributed by atoms with Gasteiger partial charge in [0, 0.05) is 5.82 Å². The maximum atomic E-state index is 11.9. The van der Waals surface area contributed by atoms with Crippen LogP contribution < -0.4 is 0 Å². The summed E-state index contributed by atoms with van der Waals surface area (Å²) in [5, 5.41) is 0.827. The van der Waals surface area contributed by atoms with Crippen molar-refractivity contribution in [1.29, 1.82) is 0 Å². The molecular weight excluding hydrogens is 338 g/mol. The number of halogens is 2. The second kappa shape index (κ2) is 6.63. The molecular formula is C16H21BCl2O4. The van der Waals surface area contributed by atoms with E-state index in [-0.39, 0.29) is 12.4 Å². The first-order valence-corrected chi connectivity index (χ1v) is 8.21. The maximum absolute atomic E-state index is 11.9. The third-order valence-corrected chi connectivity index (χ3v) is 5.43. The van der Waals surface area contributed by atoms with E-state index < -0.39 is 24.1 Å². The summed E-state index contributed by atoms with van der Waals surface area (Å²) < 4.78 is 17.0. The Kier molecular flexibility index (Phi) is 5.36. The zero-order valence-electron chi connectivity index (χ0n) is 14.0. The maximum Gasteiger partial charge on any atom is 0.466 e. The second-order valence-electron chi connectivity index (χ2n) is 6.65. The summed E-state index contributed by atoms with van der Waals surface area (Å²) in [7, 11) is 0.735. The molecule has 0 saturated carbocycles. The number of hydrogen-bond acceptors (Lipinski definition) is 4. The zero-order valence-corrected chi connectivity index (χ0v) is 15.5. The number of rotatable bonds is 4. The number of hydrogen-bond donors (Lipinski definition) is 0. The van der Waals surface area contributed by atoms with Crippen LogP contribution in [0.3, 0.4) is 0 Å². The van der Waals surface area contributed by atoms with Gasteiger partial charge in [-0.25, -0.2) is 0 Å². The van der Waals surface area contributed by atoms with Crippen LogP contribution in [0.25, 0.3) is 0 Å². The lowest BCUT2D eigenvalue weighted by Gasteiger charge is -2.32. The van der Waals surface area contributed by atoms with Gasteiger partial charge >= 0.3 is 13.1 Å². The van der Waals surface area contributed by atoms with E-state index in [9.17, 15) is 4.79 Å². The average molecular weight is 359 g/mol.